The van der Waals surface area contributed by atoms with Gasteiger partial charge < -0.3 is 4.74 Å². The zero-order valence-electron chi connectivity index (χ0n) is 12.7. The zero-order chi connectivity index (χ0) is 13.0. The highest BCUT2D eigenvalue weighted by molar-refractivity contribution is 4.80. The smallest absolute Gasteiger partial charge is 0.0682 e. The highest BCUT2D eigenvalue weighted by atomic mass is 16.5. The highest BCUT2D eigenvalue weighted by Gasteiger charge is 2.28. The second kappa shape index (κ2) is 11.1. The fourth-order valence-electron chi connectivity index (χ4n) is 2.48. The molecule has 0 atom stereocenters. The lowest BCUT2D eigenvalue weighted by Gasteiger charge is -2.34. The van der Waals surface area contributed by atoms with Gasteiger partial charge in [0.2, 0.25) is 0 Å². The molecule has 1 heteroatoms. The first-order valence-corrected chi connectivity index (χ1v) is 7.88. The summed E-state index contributed by atoms with van der Waals surface area (Å²) in [5.41, 5.74) is 0.204. The molecule has 0 heterocycles. The van der Waals surface area contributed by atoms with Crippen LogP contribution >= 0.6 is 0 Å². The van der Waals surface area contributed by atoms with Gasteiger partial charge in [-0.15, -0.1) is 0 Å². The molecular formula is C16H34O. The third-order valence-corrected chi connectivity index (χ3v) is 3.58. The molecule has 0 rings (SSSR count). The van der Waals surface area contributed by atoms with Crippen molar-refractivity contribution in [2.24, 2.45) is 0 Å². The molecular weight excluding hydrogens is 208 g/mol. The fraction of sp³-hybridized carbons (Fsp3) is 1.00. The highest BCUT2D eigenvalue weighted by Crippen LogP contribution is 2.31. The van der Waals surface area contributed by atoms with Gasteiger partial charge in [0.1, 0.15) is 0 Å². The Kier molecular flexibility index (Phi) is 11.0. The summed E-state index contributed by atoms with van der Waals surface area (Å²) >= 11 is 0. The average molecular weight is 242 g/mol. The Morgan fingerprint density at radius 1 is 0.647 bits per heavy atom. The van der Waals surface area contributed by atoms with Gasteiger partial charge in [0.15, 0.2) is 0 Å². The second-order valence-corrected chi connectivity index (χ2v) is 5.34. The van der Waals surface area contributed by atoms with E-state index in [1.54, 1.807) is 0 Å². The zero-order valence-corrected chi connectivity index (χ0v) is 12.7. The van der Waals surface area contributed by atoms with Gasteiger partial charge in [-0.25, -0.2) is 0 Å². The molecule has 0 bridgehead atoms. The Bertz CT molecular complexity index is 146. The van der Waals surface area contributed by atoms with Crippen molar-refractivity contribution in [2.45, 2.75) is 97.5 Å². The molecule has 0 saturated carbocycles. The van der Waals surface area contributed by atoms with Crippen LogP contribution in [-0.2, 0) is 4.74 Å². The lowest BCUT2D eigenvalue weighted by Crippen LogP contribution is -2.33. The van der Waals surface area contributed by atoms with E-state index in [0.29, 0.717) is 0 Å². The molecule has 0 spiro atoms. The van der Waals surface area contributed by atoms with Crippen LogP contribution < -0.4 is 0 Å². The molecule has 0 fully saturated rings. The monoisotopic (exact) mass is 242 g/mol. The van der Waals surface area contributed by atoms with Crippen LogP contribution in [-0.4, -0.2) is 12.2 Å². The molecule has 0 aromatic carbocycles. The molecule has 0 aliphatic heterocycles. The lowest BCUT2D eigenvalue weighted by atomic mass is 9.86. The quantitative estimate of drug-likeness (QED) is 0.397. The van der Waals surface area contributed by atoms with Crippen LogP contribution in [0.25, 0.3) is 0 Å². The van der Waals surface area contributed by atoms with E-state index >= 15 is 0 Å². The Morgan fingerprint density at radius 3 is 1.59 bits per heavy atom. The van der Waals surface area contributed by atoms with Gasteiger partial charge >= 0.3 is 0 Å². The van der Waals surface area contributed by atoms with Crippen molar-refractivity contribution in [3.63, 3.8) is 0 Å². The molecule has 0 saturated heterocycles. The van der Waals surface area contributed by atoms with Crippen LogP contribution in [0.4, 0.5) is 0 Å². The van der Waals surface area contributed by atoms with Crippen molar-refractivity contribution in [3.05, 3.63) is 0 Å². The largest absolute Gasteiger partial charge is 0.375 e. The molecule has 104 valence electrons. The molecule has 0 aromatic rings. The van der Waals surface area contributed by atoms with E-state index < -0.39 is 0 Å². The molecule has 0 aliphatic rings. The van der Waals surface area contributed by atoms with Crippen molar-refractivity contribution < 1.29 is 4.74 Å². The van der Waals surface area contributed by atoms with Gasteiger partial charge in [-0.1, -0.05) is 66.2 Å². The first kappa shape index (κ1) is 17.0. The first-order chi connectivity index (χ1) is 8.24. The molecule has 0 amide bonds. The molecule has 1 nitrogen and oxygen atoms in total. The SMILES string of the molecule is CCCCOC(CCC)(CCCC)CCCC. The van der Waals surface area contributed by atoms with Crippen LogP contribution in [0.15, 0.2) is 0 Å². The summed E-state index contributed by atoms with van der Waals surface area (Å²) in [6.07, 6.45) is 12.7. The van der Waals surface area contributed by atoms with Crippen LogP contribution in [0.2, 0.25) is 0 Å². The Morgan fingerprint density at radius 2 is 1.18 bits per heavy atom. The van der Waals surface area contributed by atoms with Crippen LogP contribution in [0.1, 0.15) is 91.9 Å². The molecule has 17 heavy (non-hydrogen) atoms. The molecule has 0 radical (unpaired) electrons. The Balaban J connectivity index is 4.32. The molecule has 0 N–H and O–H groups in total. The molecule has 0 aromatic heterocycles. The predicted octanol–water partition coefficient (Wildman–Crippen LogP) is 5.72. The summed E-state index contributed by atoms with van der Waals surface area (Å²) in [6.45, 7) is 10.0. The van der Waals surface area contributed by atoms with Crippen molar-refractivity contribution in [1.82, 2.24) is 0 Å². The predicted molar refractivity (Wildman–Crippen MR) is 77.5 cm³/mol. The summed E-state index contributed by atoms with van der Waals surface area (Å²) in [4.78, 5) is 0. The molecule has 0 unspecified atom stereocenters. The maximum atomic E-state index is 6.31. The normalized spacial score (nSPS) is 12.0. The summed E-state index contributed by atoms with van der Waals surface area (Å²) < 4.78 is 6.31. The number of hydrogen-bond donors (Lipinski definition) is 0. The Labute approximate surface area is 109 Å². The maximum absolute atomic E-state index is 6.31. The maximum Gasteiger partial charge on any atom is 0.0682 e. The van der Waals surface area contributed by atoms with E-state index in [1.807, 2.05) is 0 Å². The van der Waals surface area contributed by atoms with Gasteiger partial charge in [-0.3, -0.25) is 0 Å². The van der Waals surface area contributed by atoms with Crippen LogP contribution in [0.3, 0.4) is 0 Å². The third kappa shape index (κ3) is 7.81. The number of unbranched alkanes of at least 4 members (excludes halogenated alkanes) is 3. The topological polar surface area (TPSA) is 9.23 Å². The van der Waals surface area contributed by atoms with Gasteiger partial charge in [-0.05, 0) is 25.7 Å². The van der Waals surface area contributed by atoms with Crippen LogP contribution in [0.5, 0.6) is 0 Å². The summed E-state index contributed by atoms with van der Waals surface area (Å²) in [7, 11) is 0. The molecule has 0 aliphatic carbocycles. The minimum absolute atomic E-state index is 0.204. The minimum atomic E-state index is 0.204. The fourth-order valence-corrected chi connectivity index (χ4v) is 2.48. The van der Waals surface area contributed by atoms with Crippen molar-refractivity contribution in [2.75, 3.05) is 6.61 Å². The third-order valence-electron chi connectivity index (χ3n) is 3.58. The van der Waals surface area contributed by atoms with E-state index in [-0.39, 0.29) is 5.60 Å². The van der Waals surface area contributed by atoms with Gasteiger partial charge in [-0.2, -0.15) is 0 Å². The van der Waals surface area contributed by atoms with Crippen molar-refractivity contribution in [1.29, 1.82) is 0 Å². The summed E-state index contributed by atoms with van der Waals surface area (Å²) in [5.74, 6) is 0. The number of hydrogen-bond acceptors (Lipinski definition) is 1. The van der Waals surface area contributed by atoms with Crippen molar-refractivity contribution in [3.8, 4) is 0 Å². The van der Waals surface area contributed by atoms with E-state index in [2.05, 4.69) is 27.7 Å². The summed E-state index contributed by atoms with van der Waals surface area (Å²) in [5, 5.41) is 0. The standard InChI is InChI=1S/C16H34O/c1-5-9-13-16(12-8-4,14-10-6-2)17-15-11-7-3/h5-15H2,1-4H3. The van der Waals surface area contributed by atoms with E-state index in [9.17, 15) is 0 Å². The first-order valence-electron chi connectivity index (χ1n) is 7.88. The van der Waals surface area contributed by atoms with Gasteiger partial charge in [0, 0.05) is 6.61 Å². The van der Waals surface area contributed by atoms with Crippen LogP contribution in [0, 0.1) is 0 Å². The number of ether oxygens (including phenoxy) is 1. The van der Waals surface area contributed by atoms with Gasteiger partial charge in [0.25, 0.3) is 0 Å². The average Bonchev–Trinajstić information content (AvgIpc) is 2.34. The number of rotatable bonds is 12. The van der Waals surface area contributed by atoms with E-state index in [1.165, 1.54) is 64.2 Å². The Hall–Kier alpha value is -0.0400. The minimum Gasteiger partial charge on any atom is -0.375 e. The second-order valence-electron chi connectivity index (χ2n) is 5.34. The van der Waals surface area contributed by atoms with E-state index in [4.69, 9.17) is 4.74 Å². The van der Waals surface area contributed by atoms with Gasteiger partial charge in [0.05, 0.1) is 5.60 Å². The van der Waals surface area contributed by atoms with E-state index in [0.717, 1.165) is 6.61 Å². The summed E-state index contributed by atoms with van der Waals surface area (Å²) in [6, 6.07) is 0. The van der Waals surface area contributed by atoms with Crippen molar-refractivity contribution >= 4 is 0 Å². The lowest BCUT2D eigenvalue weighted by molar-refractivity contribution is -0.0675.